The molecule has 96 valence electrons. The molecule has 1 saturated carbocycles. The standard InChI is InChI=1S/C15H20N2O/c18-15(9-12-7-4-8-16-12)17-14-10-13(14)11-5-2-1-3-6-11/h1-3,5-6,12-14,16H,4,7-10H2,(H,17,18). The maximum Gasteiger partial charge on any atom is 0.221 e. The van der Waals surface area contributed by atoms with Crippen molar-refractivity contribution in [2.45, 2.75) is 43.7 Å². The highest BCUT2D eigenvalue weighted by molar-refractivity contribution is 5.77. The van der Waals surface area contributed by atoms with Crippen molar-refractivity contribution in [3.05, 3.63) is 35.9 Å². The Kier molecular flexibility index (Phi) is 3.33. The molecular formula is C15H20N2O. The second-order valence-corrected chi connectivity index (χ2v) is 5.42. The molecule has 2 N–H and O–H groups in total. The molecule has 1 aromatic rings. The molecule has 3 nitrogen and oxygen atoms in total. The van der Waals surface area contributed by atoms with Crippen LogP contribution in [0, 0.1) is 0 Å². The van der Waals surface area contributed by atoms with E-state index in [1.165, 1.54) is 12.0 Å². The first kappa shape index (κ1) is 11.7. The Labute approximate surface area is 108 Å². The lowest BCUT2D eigenvalue weighted by molar-refractivity contribution is -0.121. The van der Waals surface area contributed by atoms with E-state index < -0.39 is 0 Å². The molecule has 3 atom stereocenters. The van der Waals surface area contributed by atoms with Gasteiger partial charge in [0.15, 0.2) is 0 Å². The van der Waals surface area contributed by atoms with Crippen LogP contribution < -0.4 is 10.6 Å². The zero-order valence-electron chi connectivity index (χ0n) is 10.6. The lowest BCUT2D eigenvalue weighted by atomic mass is 10.1. The van der Waals surface area contributed by atoms with Gasteiger partial charge >= 0.3 is 0 Å². The fourth-order valence-corrected chi connectivity index (χ4v) is 2.84. The van der Waals surface area contributed by atoms with E-state index in [2.05, 4.69) is 34.9 Å². The molecule has 2 aliphatic rings. The van der Waals surface area contributed by atoms with Crippen molar-refractivity contribution in [2.24, 2.45) is 0 Å². The lowest BCUT2D eigenvalue weighted by Gasteiger charge is -2.10. The predicted molar refractivity (Wildman–Crippen MR) is 71.4 cm³/mol. The van der Waals surface area contributed by atoms with Crippen molar-refractivity contribution in [1.82, 2.24) is 10.6 Å². The normalized spacial score (nSPS) is 30.1. The molecule has 0 radical (unpaired) electrons. The van der Waals surface area contributed by atoms with Gasteiger partial charge in [0, 0.05) is 24.4 Å². The van der Waals surface area contributed by atoms with E-state index in [-0.39, 0.29) is 5.91 Å². The second-order valence-electron chi connectivity index (χ2n) is 5.42. The topological polar surface area (TPSA) is 41.1 Å². The van der Waals surface area contributed by atoms with E-state index in [4.69, 9.17) is 0 Å². The fourth-order valence-electron chi connectivity index (χ4n) is 2.84. The fraction of sp³-hybridized carbons (Fsp3) is 0.533. The largest absolute Gasteiger partial charge is 0.353 e. The van der Waals surface area contributed by atoms with E-state index in [1.54, 1.807) is 0 Å². The number of carbonyl (C=O) groups excluding carboxylic acids is 1. The van der Waals surface area contributed by atoms with Crippen molar-refractivity contribution >= 4 is 5.91 Å². The molecule has 1 aliphatic heterocycles. The summed E-state index contributed by atoms with van der Waals surface area (Å²) in [6, 6.07) is 11.2. The van der Waals surface area contributed by atoms with E-state index in [9.17, 15) is 4.79 Å². The zero-order valence-corrected chi connectivity index (χ0v) is 10.6. The minimum atomic E-state index is 0.206. The lowest BCUT2D eigenvalue weighted by Crippen LogP contribution is -2.33. The Balaban J connectivity index is 1.46. The molecule has 3 heteroatoms. The summed E-state index contributed by atoms with van der Waals surface area (Å²) in [7, 11) is 0. The number of hydrogen-bond donors (Lipinski definition) is 2. The van der Waals surface area contributed by atoms with Crippen LogP contribution in [0.5, 0.6) is 0 Å². The molecule has 1 amide bonds. The van der Waals surface area contributed by atoms with Gasteiger partial charge in [-0.3, -0.25) is 4.79 Å². The van der Waals surface area contributed by atoms with Crippen LogP contribution in [0.3, 0.4) is 0 Å². The average molecular weight is 244 g/mol. The first-order valence-corrected chi connectivity index (χ1v) is 6.90. The second kappa shape index (κ2) is 5.11. The van der Waals surface area contributed by atoms with Crippen LogP contribution in [0.4, 0.5) is 0 Å². The summed E-state index contributed by atoms with van der Waals surface area (Å²) < 4.78 is 0. The van der Waals surface area contributed by atoms with Crippen LogP contribution in [0.15, 0.2) is 30.3 Å². The van der Waals surface area contributed by atoms with Crippen LogP contribution in [0.25, 0.3) is 0 Å². The van der Waals surface area contributed by atoms with Gasteiger partial charge in [-0.1, -0.05) is 30.3 Å². The van der Waals surface area contributed by atoms with E-state index >= 15 is 0 Å². The Morgan fingerprint density at radius 1 is 1.33 bits per heavy atom. The third-order valence-corrected chi connectivity index (χ3v) is 3.96. The molecule has 0 bridgehead atoms. The van der Waals surface area contributed by atoms with Gasteiger partial charge in [-0.05, 0) is 31.4 Å². The summed E-state index contributed by atoms with van der Waals surface area (Å²) in [6.07, 6.45) is 4.07. The SMILES string of the molecule is O=C(CC1CCCN1)NC1CC1c1ccccc1. The number of carbonyl (C=O) groups is 1. The summed E-state index contributed by atoms with van der Waals surface area (Å²) in [5, 5.41) is 6.51. The molecule has 2 fully saturated rings. The van der Waals surface area contributed by atoms with E-state index in [0.717, 1.165) is 19.4 Å². The van der Waals surface area contributed by atoms with Crippen molar-refractivity contribution in [3.63, 3.8) is 0 Å². The highest BCUT2D eigenvalue weighted by atomic mass is 16.1. The molecule has 0 aromatic heterocycles. The number of rotatable bonds is 4. The Morgan fingerprint density at radius 3 is 2.89 bits per heavy atom. The molecule has 3 rings (SSSR count). The minimum absolute atomic E-state index is 0.206. The monoisotopic (exact) mass is 244 g/mol. The maximum atomic E-state index is 11.9. The van der Waals surface area contributed by atoms with Crippen molar-refractivity contribution in [1.29, 1.82) is 0 Å². The molecular weight excluding hydrogens is 224 g/mol. The highest BCUT2D eigenvalue weighted by Gasteiger charge is 2.39. The third-order valence-electron chi connectivity index (χ3n) is 3.96. The van der Waals surface area contributed by atoms with E-state index in [0.29, 0.717) is 24.4 Å². The van der Waals surface area contributed by atoms with Gasteiger partial charge in [-0.15, -0.1) is 0 Å². The molecule has 1 aliphatic carbocycles. The Morgan fingerprint density at radius 2 is 2.17 bits per heavy atom. The van der Waals surface area contributed by atoms with Crippen LogP contribution in [-0.2, 0) is 4.79 Å². The summed E-state index contributed by atoms with van der Waals surface area (Å²) in [5.74, 6) is 0.740. The van der Waals surface area contributed by atoms with Gasteiger partial charge in [-0.2, -0.15) is 0 Å². The number of nitrogens with one attached hydrogen (secondary N) is 2. The van der Waals surface area contributed by atoms with Crippen LogP contribution >= 0.6 is 0 Å². The van der Waals surface area contributed by atoms with Gasteiger partial charge in [0.2, 0.25) is 5.91 Å². The summed E-state index contributed by atoms with van der Waals surface area (Å²) >= 11 is 0. The van der Waals surface area contributed by atoms with Crippen molar-refractivity contribution in [2.75, 3.05) is 6.54 Å². The molecule has 0 spiro atoms. The first-order valence-electron chi connectivity index (χ1n) is 6.90. The highest BCUT2D eigenvalue weighted by Crippen LogP contribution is 2.40. The summed E-state index contributed by atoms with van der Waals surface area (Å²) in [4.78, 5) is 11.9. The van der Waals surface area contributed by atoms with Gasteiger partial charge in [0.05, 0.1) is 0 Å². The van der Waals surface area contributed by atoms with Gasteiger partial charge in [-0.25, -0.2) is 0 Å². The predicted octanol–water partition coefficient (Wildman–Crippen LogP) is 1.80. The molecule has 3 unspecified atom stereocenters. The number of amides is 1. The quantitative estimate of drug-likeness (QED) is 0.848. The molecule has 1 saturated heterocycles. The molecule has 18 heavy (non-hydrogen) atoms. The summed E-state index contributed by atoms with van der Waals surface area (Å²) in [6.45, 7) is 1.06. The van der Waals surface area contributed by atoms with Gasteiger partial charge in [0.1, 0.15) is 0 Å². The van der Waals surface area contributed by atoms with Crippen LogP contribution in [-0.4, -0.2) is 24.5 Å². The third kappa shape index (κ3) is 2.72. The van der Waals surface area contributed by atoms with Crippen LogP contribution in [0.2, 0.25) is 0 Å². The van der Waals surface area contributed by atoms with Crippen molar-refractivity contribution < 1.29 is 4.79 Å². The first-order chi connectivity index (χ1) is 8.83. The number of hydrogen-bond acceptors (Lipinski definition) is 2. The minimum Gasteiger partial charge on any atom is -0.353 e. The van der Waals surface area contributed by atoms with E-state index in [1.807, 2.05) is 6.07 Å². The zero-order chi connectivity index (χ0) is 12.4. The molecule has 1 heterocycles. The smallest absolute Gasteiger partial charge is 0.221 e. The average Bonchev–Trinajstić information content (AvgIpc) is 2.95. The maximum absolute atomic E-state index is 11.9. The summed E-state index contributed by atoms with van der Waals surface area (Å²) in [5.41, 5.74) is 1.35. The Bertz CT molecular complexity index is 412. The van der Waals surface area contributed by atoms with Gasteiger partial charge in [0.25, 0.3) is 0 Å². The van der Waals surface area contributed by atoms with Crippen molar-refractivity contribution in [3.8, 4) is 0 Å². The van der Waals surface area contributed by atoms with Gasteiger partial charge < -0.3 is 10.6 Å². The van der Waals surface area contributed by atoms with Crippen LogP contribution in [0.1, 0.15) is 37.2 Å². The Hall–Kier alpha value is -1.35. The molecule has 1 aromatic carbocycles. The number of benzene rings is 1.